The van der Waals surface area contributed by atoms with E-state index in [0.717, 1.165) is 48.0 Å². The zero-order chi connectivity index (χ0) is 23.3. The van der Waals surface area contributed by atoms with Gasteiger partial charge in [0.2, 0.25) is 0 Å². The van der Waals surface area contributed by atoms with Gasteiger partial charge in [0.1, 0.15) is 11.6 Å². The fourth-order valence-corrected chi connectivity index (χ4v) is 4.85. The van der Waals surface area contributed by atoms with Crippen LogP contribution in [0.4, 0.5) is 4.39 Å². The van der Waals surface area contributed by atoms with Gasteiger partial charge in [-0.1, -0.05) is 17.8 Å². The van der Waals surface area contributed by atoms with Crippen LogP contribution in [0.1, 0.15) is 17.2 Å². The molecule has 1 saturated heterocycles. The van der Waals surface area contributed by atoms with Gasteiger partial charge in [0.05, 0.1) is 11.9 Å². The lowest BCUT2D eigenvalue weighted by Crippen LogP contribution is -2.46. The topological polar surface area (TPSA) is 107 Å². The molecule has 1 fully saturated rings. The monoisotopic (exact) mass is 458 g/mol. The number of phenolic OH excluding ortho intramolecular Hbond substituents is 1. The summed E-state index contributed by atoms with van der Waals surface area (Å²) in [4.78, 5) is 25.8. The average Bonchev–Trinajstić information content (AvgIpc) is 2.89. The van der Waals surface area contributed by atoms with Gasteiger partial charge in [-0.15, -0.1) is 0 Å². The van der Waals surface area contributed by atoms with Crippen molar-refractivity contribution in [1.82, 2.24) is 9.80 Å². The number of phenols is 1. The van der Waals surface area contributed by atoms with Crippen LogP contribution in [0, 0.1) is 5.82 Å². The number of benzene rings is 2. The summed E-state index contributed by atoms with van der Waals surface area (Å²) in [6.45, 7) is 4.12. The molecule has 7 nitrogen and oxygen atoms in total. The van der Waals surface area contributed by atoms with Crippen molar-refractivity contribution in [2.24, 2.45) is 0 Å². The number of aromatic hydroxyl groups is 1. The van der Waals surface area contributed by atoms with Crippen molar-refractivity contribution in [2.45, 2.75) is 22.3 Å². The van der Waals surface area contributed by atoms with Crippen molar-refractivity contribution < 1.29 is 29.3 Å². The Morgan fingerprint density at radius 1 is 1.03 bits per heavy atom. The molecule has 2 aromatic rings. The second kappa shape index (κ2) is 10.6. The molecule has 0 radical (unpaired) electrons. The highest BCUT2D eigenvalue weighted by Crippen LogP contribution is 2.44. The van der Waals surface area contributed by atoms with E-state index in [9.17, 15) is 29.3 Å². The van der Waals surface area contributed by atoms with Crippen LogP contribution in [0.2, 0.25) is 0 Å². The first-order valence-electron chi connectivity index (χ1n) is 10.0. The van der Waals surface area contributed by atoms with Gasteiger partial charge in [-0.05, 0) is 67.1 Å². The Balaban J connectivity index is 0.000000312. The lowest BCUT2D eigenvalue weighted by Gasteiger charge is -2.38. The molecular weight excluding hydrogens is 435 g/mol. The summed E-state index contributed by atoms with van der Waals surface area (Å²) in [5, 5.41) is 28.8. The zero-order valence-corrected chi connectivity index (χ0v) is 18.3. The second-order valence-electron chi connectivity index (χ2n) is 7.61. The third-order valence-electron chi connectivity index (χ3n) is 5.35. The van der Waals surface area contributed by atoms with Crippen molar-refractivity contribution in [1.29, 1.82) is 0 Å². The number of carboxylic acids is 2. The van der Waals surface area contributed by atoms with Crippen LogP contribution >= 0.6 is 11.8 Å². The Morgan fingerprint density at radius 2 is 1.69 bits per heavy atom. The molecule has 0 spiro atoms. The predicted molar refractivity (Wildman–Crippen MR) is 113 cm³/mol. The number of carbonyl (C=O) groups excluding carboxylic acids is 2. The number of hydrogen-bond acceptors (Lipinski definition) is 8. The summed E-state index contributed by atoms with van der Waals surface area (Å²) in [6.07, 6.45) is 1.62. The fourth-order valence-electron chi connectivity index (χ4n) is 3.71. The van der Waals surface area contributed by atoms with Crippen LogP contribution in [0.25, 0.3) is 0 Å². The van der Waals surface area contributed by atoms with Gasteiger partial charge in [-0.2, -0.15) is 0 Å². The Bertz CT molecular complexity index is 1010. The van der Waals surface area contributed by atoms with E-state index in [2.05, 4.69) is 16.8 Å². The molecule has 4 rings (SSSR count). The summed E-state index contributed by atoms with van der Waals surface area (Å²) in [5.74, 6) is -2.99. The molecule has 0 amide bonds. The Labute approximate surface area is 189 Å². The number of carbonyl (C=O) groups is 2. The van der Waals surface area contributed by atoms with Crippen molar-refractivity contribution in [3.63, 3.8) is 0 Å². The van der Waals surface area contributed by atoms with Crippen LogP contribution in [0.3, 0.4) is 0 Å². The normalized spacial score (nSPS) is 18.8. The van der Waals surface area contributed by atoms with Gasteiger partial charge >= 0.3 is 0 Å². The van der Waals surface area contributed by atoms with Gasteiger partial charge < -0.3 is 29.8 Å². The van der Waals surface area contributed by atoms with E-state index in [4.69, 9.17) is 0 Å². The smallest absolute Gasteiger partial charge is 0.124 e. The molecule has 2 aromatic carbocycles. The molecular formula is C23H23FN2O5S-2. The molecule has 9 heteroatoms. The molecule has 0 aromatic heterocycles. The quantitative estimate of drug-likeness (QED) is 0.666. The van der Waals surface area contributed by atoms with Crippen LogP contribution < -0.4 is 10.2 Å². The van der Waals surface area contributed by atoms with E-state index in [-0.39, 0.29) is 11.9 Å². The highest BCUT2D eigenvalue weighted by Gasteiger charge is 2.29. The van der Waals surface area contributed by atoms with Gasteiger partial charge in [-0.25, -0.2) is 4.39 Å². The highest BCUT2D eigenvalue weighted by molar-refractivity contribution is 7.99. The van der Waals surface area contributed by atoms with E-state index < -0.39 is 11.9 Å². The van der Waals surface area contributed by atoms with Crippen molar-refractivity contribution in [2.75, 3.05) is 33.2 Å². The molecule has 170 valence electrons. The minimum atomic E-state index is -1.55. The number of piperazine rings is 1. The molecule has 2 aliphatic heterocycles. The number of likely N-dealkylation sites (N-methyl/N-ethyl adjacent to an activating group) is 1. The fraction of sp³-hybridized carbons (Fsp3) is 0.304. The molecule has 0 bridgehead atoms. The molecule has 1 unspecified atom stereocenters. The molecule has 1 atom stereocenters. The molecule has 2 heterocycles. The minimum absolute atomic E-state index is 0.195. The van der Waals surface area contributed by atoms with E-state index in [1.165, 1.54) is 5.56 Å². The zero-order valence-electron chi connectivity index (χ0n) is 17.5. The van der Waals surface area contributed by atoms with Gasteiger partial charge in [-0.3, -0.25) is 4.90 Å². The van der Waals surface area contributed by atoms with Crippen molar-refractivity contribution in [3.05, 3.63) is 65.5 Å². The first-order chi connectivity index (χ1) is 15.2. The maximum absolute atomic E-state index is 13.7. The maximum Gasteiger partial charge on any atom is 0.124 e. The summed E-state index contributed by atoms with van der Waals surface area (Å²) >= 11 is 1.61. The van der Waals surface area contributed by atoms with Gasteiger partial charge in [0, 0.05) is 42.0 Å². The predicted octanol–water partition coefficient (Wildman–Crippen LogP) is 0.569. The van der Waals surface area contributed by atoms with Gasteiger partial charge in [0.25, 0.3) is 0 Å². The van der Waals surface area contributed by atoms with E-state index in [0.29, 0.717) is 17.9 Å². The Kier molecular flexibility index (Phi) is 7.89. The third kappa shape index (κ3) is 6.32. The number of nitrogens with zero attached hydrogens (tertiary/aromatic N) is 2. The molecule has 1 N–H and O–H groups in total. The summed E-state index contributed by atoms with van der Waals surface area (Å²) in [6, 6.07) is 10.9. The van der Waals surface area contributed by atoms with Crippen molar-refractivity contribution in [3.8, 4) is 5.75 Å². The van der Waals surface area contributed by atoms with Crippen LogP contribution in [-0.2, 0) is 16.0 Å². The minimum Gasteiger partial charge on any atom is -0.545 e. The van der Waals surface area contributed by atoms with Crippen LogP contribution in [0.15, 0.2) is 58.3 Å². The van der Waals surface area contributed by atoms with Gasteiger partial charge in [0.15, 0.2) is 0 Å². The number of halogens is 1. The maximum atomic E-state index is 13.7. The van der Waals surface area contributed by atoms with E-state index >= 15 is 0 Å². The highest BCUT2D eigenvalue weighted by atomic mass is 32.2. The number of fused-ring (bicyclic) bond motifs is 2. The first kappa shape index (κ1) is 23.8. The largest absolute Gasteiger partial charge is 0.545 e. The SMILES string of the molecule is CN1CCN(C2Cc3ccc(F)cc3Sc3ccc(O)cc32)CC1.O=C([O-])/C=C\C(=O)[O-]. The number of hydrogen-bond donors (Lipinski definition) is 1. The molecule has 0 saturated carbocycles. The molecule has 32 heavy (non-hydrogen) atoms. The van der Waals surface area contributed by atoms with Crippen LogP contribution in [-0.4, -0.2) is 60.1 Å². The van der Waals surface area contributed by atoms with E-state index in [1.54, 1.807) is 30.0 Å². The van der Waals surface area contributed by atoms with Crippen molar-refractivity contribution >= 4 is 23.7 Å². The Hall–Kier alpha value is -2.88. The summed E-state index contributed by atoms with van der Waals surface area (Å²) < 4.78 is 13.7. The summed E-state index contributed by atoms with van der Waals surface area (Å²) in [5.41, 5.74) is 2.34. The van der Waals surface area contributed by atoms with Crippen LogP contribution in [0.5, 0.6) is 5.75 Å². The number of aliphatic carboxylic acids is 2. The first-order valence-corrected chi connectivity index (χ1v) is 10.9. The molecule has 0 aliphatic carbocycles. The third-order valence-corrected chi connectivity index (χ3v) is 6.54. The lowest BCUT2D eigenvalue weighted by atomic mass is 9.96. The standard InChI is InChI=1S/C19H21FN2OS.C4H4O4/c1-21-6-8-22(9-7-21)17-10-13-2-3-14(20)11-19(13)24-18-5-4-15(23)12-16(17)18;5-3(6)1-2-4(7)8/h2-5,11-12,17,23H,6-10H2,1H3;1-2H,(H,5,6)(H,7,8)/p-2/b;2-1-. The second-order valence-corrected chi connectivity index (χ2v) is 8.69. The molecule has 2 aliphatic rings. The number of carboxylic acid groups (broad SMARTS) is 2. The Morgan fingerprint density at radius 3 is 2.31 bits per heavy atom. The van der Waals surface area contributed by atoms with E-state index in [1.807, 2.05) is 18.2 Å². The summed E-state index contributed by atoms with van der Waals surface area (Å²) in [7, 11) is 2.15. The average molecular weight is 459 g/mol. The lowest BCUT2D eigenvalue weighted by molar-refractivity contribution is -0.301. The number of rotatable bonds is 3.